The Kier molecular flexibility index (Phi) is 5.57. The molecule has 0 saturated carbocycles. The first-order chi connectivity index (χ1) is 27.3. The first-order valence-electron chi connectivity index (χ1n) is 18.7. The molecule has 0 spiro atoms. The van der Waals surface area contributed by atoms with Crippen LogP contribution in [-0.2, 0) is 0 Å². The van der Waals surface area contributed by atoms with Gasteiger partial charge in [0.05, 0.1) is 27.6 Å². The van der Waals surface area contributed by atoms with Crippen LogP contribution in [-0.4, -0.2) is 18.9 Å². The van der Waals surface area contributed by atoms with Crippen molar-refractivity contribution in [2.24, 2.45) is 0 Å². The van der Waals surface area contributed by atoms with Crippen molar-refractivity contribution in [2.75, 3.05) is 0 Å². The standard InChI is InChI=1S/C50H28N4O/c1-2-13-31(14-3-1)50-51-45(49-46(52-50)36-18-8-11-21-42(36)55-49)30-22-25-32(26-23-30)53-41-27-24-29-12-4-5-15-33(29)43(41)38-28-37-34-16-6-9-19-39(34)54-40-20-10-7-17-35(40)44(47(37)54)48(38)53/h1-28H. The molecule has 5 nitrogen and oxygen atoms in total. The van der Waals surface area contributed by atoms with Crippen LogP contribution in [0, 0.1) is 0 Å². The zero-order valence-corrected chi connectivity index (χ0v) is 29.4. The highest BCUT2D eigenvalue weighted by molar-refractivity contribution is 6.36. The molecule has 8 aromatic carbocycles. The lowest BCUT2D eigenvalue weighted by atomic mass is 10.0. The second kappa shape index (κ2) is 10.6. The van der Waals surface area contributed by atoms with E-state index >= 15 is 0 Å². The molecule has 0 fully saturated rings. The lowest BCUT2D eigenvalue weighted by Gasteiger charge is -2.11. The third-order valence-electron chi connectivity index (χ3n) is 11.6. The van der Waals surface area contributed by atoms with Crippen molar-refractivity contribution in [2.45, 2.75) is 0 Å². The Morgan fingerprint density at radius 2 is 1.13 bits per heavy atom. The Hall–Kier alpha value is -7.50. The third kappa shape index (κ3) is 3.81. The topological polar surface area (TPSA) is 48.3 Å². The molecule has 5 heteroatoms. The summed E-state index contributed by atoms with van der Waals surface area (Å²) in [5.74, 6) is 0.675. The average molecular weight is 701 g/mol. The molecular weight excluding hydrogens is 673 g/mol. The number of fused-ring (bicyclic) bond motifs is 15. The van der Waals surface area contributed by atoms with E-state index in [0.29, 0.717) is 11.4 Å². The molecule has 0 aliphatic carbocycles. The second-order valence-electron chi connectivity index (χ2n) is 14.5. The van der Waals surface area contributed by atoms with E-state index < -0.39 is 0 Å². The van der Waals surface area contributed by atoms with Crippen LogP contribution in [0.2, 0.25) is 0 Å². The van der Waals surface area contributed by atoms with Gasteiger partial charge >= 0.3 is 0 Å². The summed E-state index contributed by atoms with van der Waals surface area (Å²) in [6, 6.07) is 60.6. The monoisotopic (exact) mass is 700 g/mol. The molecule has 5 aromatic heterocycles. The van der Waals surface area contributed by atoms with Crippen LogP contribution < -0.4 is 0 Å². The molecule has 0 aliphatic rings. The van der Waals surface area contributed by atoms with Gasteiger partial charge in [0.25, 0.3) is 0 Å². The molecule has 13 aromatic rings. The lowest BCUT2D eigenvalue weighted by molar-refractivity contribution is 0.667. The maximum atomic E-state index is 6.49. The normalized spacial score (nSPS) is 12.4. The van der Waals surface area contributed by atoms with E-state index in [2.05, 4.69) is 142 Å². The summed E-state index contributed by atoms with van der Waals surface area (Å²) in [5, 5.41) is 11.1. The summed E-state index contributed by atoms with van der Waals surface area (Å²) in [7, 11) is 0. The van der Waals surface area contributed by atoms with Crippen molar-refractivity contribution < 1.29 is 4.42 Å². The number of aromatic nitrogens is 4. The fourth-order valence-corrected chi connectivity index (χ4v) is 9.31. The van der Waals surface area contributed by atoms with Crippen molar-refractivity contribution in [1.29, 1.82) is 0 Å². The molecule has 0 aliphatic heterocycles. The number of rotatable bonds is 3. The Bertz CT molecular complexity index is 3700. The predicted molar refractivity (Wildman–Crippen MR) is 227 cm³/mol. The van der Waals surface area contributed by atoms with Crippen molar-refractivity contribution in [1.82, 2.24) is 18.9 Å². The summed E-state index contributed by atoms with van der Waals surface area (Å²) < 4.78 is 11.4. The molecule has 254 valence electrons. The van der Waals surface area contributed by atoms with Crippen molar-refractivity contribution in [3.63, 3.8) is 0 Å². The number of furan rings is 1. The number of hydrogen-bond acceptors (Lipinski definition) is 3. The van der Waals surface area contributed by atoms with Crippen molar-refractivity contribution in [3.05, 3.63) is 170 Å². The van der Waals surface area contributed by atoms with Gasteiger partial charge in [-0.1, -0.05) is 121 Å². The molecule has 5 heterocycles. The van der Waals surface area contributed by atoms with Gasteiger partial charge in [-0.05, 0) is 59.3 Å². The van der Waals surface area contributed by atoms with Gasteiger partial charge in [-0.25, -0.2) is 9.97 Å². The maximum Gasteiger partial charge on any atom is 0.180 e. The Labute approximate surface area is 313 Å². The fraction of sp³-hybridized carbons (Fsp3) is 0. The van der Waals surface area contributed by atoms with E-state index in [0.717, 1.165) is 39.0 Å². The van der Waals surface area contributed by atoms with Crippen molar-refractivity contribution >= 4 is 92.7 Å². The minimum absolute atomic E-state index is 0.675. The highest BCUT2D eigenvalue weighted by Crippen LogP contribution is 2.48. The highest BCUT2D eigenvalue weighted by Gasteiger charge is 2.25. The van der Waals surface area contributed by atoms with E-state index in [-0.39, 0.29) is 0 Å². The molecule has 13 rings (SSSR count). The van der Waals surface area contributed by atoms with Crippen LogP contribution in [0.1, 0.15) is 0 Å². The van der Waals surface area contributed by atoms with Gasteiger partial charge in [-0.2, -0.15) is 0 Å². The zero-order valence-electron chi connectivity index (χ0n) is 29.4. The summed E-state index contributed by atoms with van der Waals surface area (Å²) in [6.45, 7) is 0. The number of para-hydroxylation sites is 3. The smallest absolute Gasteiger partial charge is 0.180 e. The minimum Gasteiger partial charge on any atom is -0.452 e. The van der Waals surface area contributed by atoms with E-state index in [4.69, 9.17) is 14.4 Å². The summed E-state index contributed by atoms with van der Waals surface area (Å²) >= 11 is 0. The second-order valence-corrected chi connectivity index (χ2v) is 14.5. The quantitative estimate of drug-likeness (QED) is 0.184. The average Bonchev–Trinajstić information content (AvgIpc) is 3.99. The first kappa shape index (κ1) is 29.0. The third-order valence-corrected chi connectivity index (χ3v) is 11.6. The number of nitrogens with zero attached hydrogens (tertiary/aromatic N) is 4. The molecule has 0 unspecified atom stereocenters. The first-order valence-corrected chi connectivity index (χ1v) is 18.7. The van der Waals surface area contributed by atoms with Gasteiger partial charge in [0, 0.05) is 54.5 Å². The summed E-state index contributed by atoms with van der Waals surface area (Å²) in [6.07, 6.45) is 0. The molecule has 0 N–H and O–H groups in total. The van der Waals surface area contributed by atoms with E-state index in [9.17, 15) is 0 Å². The zero-order chi connectivity index (χ0) is 35.8. The molecule has 0 bridgehead atoms. The largest absolute Gasteiger partial charge is 0.452 e. The predicted octanol–water partition coefficient (Wildman–Crippen LogP) is 13.1. The molecule has 55 heavy (non-hydrogen) atoms. The van der Waals surface area contributed by atoms with E-state index in [1.807, 2.05) is 36.4 Å². The molecular formula is C50H28N4O. The fourth-order valence-electron chi connectivity index (χ4n) is 9.31. The van der Waals surface area contributed by atoms with Gasteiger partial charge < -0.3 is 13.4 Å². The Morgan fingerprint density at radius 3 is 1.96 bits per heavy atom. The van der Waals surface area contributed by atoms with E-state index in [1.54, 1.807) is 0 Å². The van der Waals surface area contributed by atoms with Crippen LogP contribution in [0.4, 0.5) is 0 Å². The minimum atomic E-state index is 0.675. The van der Waals surface area contributed by atoms with Gasteiger partial charge in [0.2, 0.25) is 0 Å². The van der Waals surface area contributed by atoms with Crippen LogP contribution in [0.3, 0.4) is 0 Å². The Morgan fingerprint density at radius 1 is 0.436 bits per heavy atom. The summed E-state index contributed by atoms with van der Waals surface area (Å²) in [5.41, 5.74) is 12.2. The van der Waals surface area contributed by atoms with E-state index in [1.165, 1.54) is 70.7 Å². The van der Waals surface area contributed by atoms with Crippen LogP contribution in [0.5, 0.6) is 0 Å². The van der Waals surface area contributed by atoms with Gasteiger partial charge in [0.15, 0.2) is 11.4 Å². The molecule has 0 atom stereocenters. The highest BCUT2D eigenvalue weighted by atomic mass is 16.3. The molecule has 0 radical (unpaired) electrons. The maximum absolute atomic E-state index is 6.49. The summed E-state index contributed by atoms with van der Waals surface area (Å²) in [4.78, 5) is 10.2. The number of benzene rings is 8. The number of hydrogen-bond donors (Lipinski definition) is 0. The van der Waals surface area contributed by atoms with Crippen molar-refractivity contribution in [3.8, 4) is 28.3 Å². The van der Waals surface area contributed by atoms with Crippen LogP contribution in [0.25, 0.3) is 121 Å². The lowest BCUT2D eigenvalue weighted by Crippen LogP contribution is -1.96. The van der Waals surface area contributed by atoms with Gasteiger partial charge in [0.1, 0.15) is 16.8 Å². The SMILES string of the molecule is c1ccc(-c2nc(-c3ccc(-n4c5ccc6ccccc6c5c5cc6c7ccccc7n7c8ccccc8c(c54)c67)cc3)c3oc4ccccc4c3n2)cc1. The van der Waals surface area contributed by atoms with Gasteiger partial charge in [-0.15, -0.1) is 0 Å². The Balaban J connectivity index is 1.13. The van der Waals surface area contributed by atoms with Crippen LogP contribution in [0.15, 0.2) is 174 Å². The van der Waals surface area contributed by atoms with Crippen LogP contribution >= 0.6 is 0 Å². The molecule has 0 amide bonds. The molecule has 0 saturated heterocycles. The van der Waals surface area contributed by atoms with Gasteiger partial charge in [-0.3, -0.25) is 0 Å².